The zero-order valence-corrected chi connectivity index (χ0v) is 30.8. The van der Waals surface area contributed by atoms with Gasteiger partial charge in [-0.1, -0.05) is 6.07 Å². The Labute approximate surface area is 304 Å². The number of rotatable bonds is 10. The van der Waals surface area contributed by atoms with Gasteiger partial charge < -0.3 is 29.7 Å². The van der Waals surface area contributed by atoms with Gasteiger partial charge in [-0.05, 0) is 24.3 Å². The van der Waals surface area contributed by atoms with E-state index in [2.05, 4.69) is 6.07 Å². The van der Waals surface area contributed by atoms with E-state index in [4.69, 9.17) is 0 Å². The molecule has 0 spiro atoms. The summed E-state index contributed by atoms with van der Waals surface area (Å²) in [6.45, 7) is 0. The third-order valence-electron chi connectivity index (χ3n) is 7.43. The Morgan fingerprint density at radius 2 is 1.00 bits per heavy atom. The summed E-state index contributed by atoms with van der Waals surface area (Å²) in [5.74, 6) is -2.13. The molecule has 10 nitrogen and oxygen atoms in total. The van der Waals surface area contributed by atoms with E-state index < -0.39 is 11.9 Å². The molecule has 0 fully saturated rings. The van der Waals surface area contributed by atoms with Crippen molar-refractivity contribution in [3.8, 4) is 17.1 Å². The molecule has 237 valence electrons. The summed E-state index contributed by atoms with van der Waals surface area (Å²) in [7, 11) is 11.7. The van der Waals surface area contributed by atoms with Crippen LogP contribution in [0, 0.1) is 6.07 Å². The molecule has 0 aliphatic heterocycles. The molecule has 0 aliphatic rings. The van der Waals surface area contributed by atoms with Crippen LogP contribution in [0.2, 0.25) is 0 Å². The number of aromatic carboxylic acids is 2. The van der Waals surface area contributed by atoms with Gasteiger partial charge in [-0.3, -0.25) is 0 Å². The Kier molecular flexibility index (Phi) is 11.4. The first-order valence-electron chi connectivity index (χ1n) is 14.4. The fourth-order valence-electron chi connectivity index (χ4n) is 4.88. The topological polar surface area (TPSA) is 96.0 Å². The molecule has 0 aliphatic carbocycles. The molecule has 0 saturated heterocycles. The molecular weight excluding hydrogens is 689 g/mol. The summed E-state index contributed by atoms with van der Waals surface area (Å²) in [4.78, 5) is 32.1. The number of pyridine rings is 3. The van der Waals surface area contributed by atoms with E-state index in [-0.39, 0.29) is 43.8 Å². The molecule has 12 heteroatoms. The molecule has 0 unspecified atom stereocenters. The standard InChI is InChI=1S/C35H34N6O4S.Y/c1-36(2)25-11-17-39(18-12-25)30-23-29(35(44)45)31(40-19-13-26(14-20-40)37(3)4)32(41-21-15-27(16-22-41)38(5)6)33(30)46-28-9-7-24(8-10-28)34(42)43;/h7-22H,1-6H3;/p+2. The second-order valence-corrected chi connectivity index (χ2v) is 12.3. The first kappa shape index (κ1) is 35.5. The van der Waals surface area contributed by atoms with E-state index in [9.17, 15) is 19.8 Å². The number of carboxylic acid groups (broad SMARTS) is 2. The molecule has 3 heterocycles. The van der Waals surface area contributed by atoms with Crippen LogP contribution in [0.4, 0.5) is 17.1 Å². The van der Waals surface area contributed by atoms with E-state index in [0.29, 0.717) is 17.1 Å². The molecule has 5 aromatic rings. The van der Waals surface area contributed by atoms with E-state index in [1.165, 1.54) is 11.8 Å². The molecule has 0 amide bonds. The maximum atomic E-state index is 13.0. The van der Waals surface area contributed by atoms with Crippen molar-refractivity contribution in [3.63, 3.8) is 0 Å². The van der Waals surface area contributed by atoms with Crippen LogP contribution in [-0.2, 0) is 32.7 Å². The Balaban J connectivity index is 0.00000500. The van der Waals surface area contributed by atoms with Crippen LogP contribution >= 0.6 is 11.8 Å². The molecule has 47 heavy (non-hydrogen) atoms. The van der Waals surface area contributed by atoms with Crippen molar-refractivity contribution in [1.29, 1.82) is 0 Å². The third kappa shape index (κ3) is 7.81. The first-order chi connectivity index (χ1) is 21.9. The van der Waals surface area contributed by atoms with Gasteiger partial charge in [0.15, 0.2) is 37.2 Å². The predicted octanol–water partition coefficient (Wildman–Crippen LogP) is 4.06. The van der Waals surface area contributed by atoms with Crippen molar-refractivity contribution in [2.75, 3.05) is 57.0 Å². The van der Waals surface area contributed by atoms with E-state index in [1.54, 1.807) is 28.8 Å². The fraction of sp³-hybridized carbons (Fsp3) is 0.171. The second kappa shape index (κ2) is 15.1. The number of hydrogen-bond acceptors (Lipinski definition) is 6. The van der Waals surface area contributed by atoms with Gasteiger partial charge in [0.25, 0.3) is 5.97 Å². The number of carboxylic acids is 2. The summed E-state index contributed by atoms with van der Waals surface area (Å²) >= 11 is 1.41. The SMILES string of the molecule is CN(C)c1cc[n+](-c2[c-]c(C(=O)O)c(-[n+]3ccc(N(C)C)cc3)c(-[n+]3ccc(N(C)C)cc3)c2Sc2ccc(C(=O)O)cc2)cc1.[Y]. The predicted molar refractivity (Wildman–Crippen MR) is 177 cm³/mol. The van der Waals surface area contributed by atoms with Crippen molar-refractivity contribution >= 4 is 40.8 Å². The largest absolute Gasteiger partial charge is 0.521 e. The number of anilines is 3. The Morgan fingerprint density at radius 1 is 0.596 bits per heavy atom. The van der Waals surface area contributed by atoms with Crippen molar-refractivity contribution < 1.29 is 66.2 Å². The number of benzene rings is 2. The van der Waals surface area contributed by atoms with Crippen LogP contribution in [0.15, 0.2) is 108 Å². The fourth-order valence-corrected chi connectivity index (χ4v) is 5.94. The van der Waals surface area contributed by atoms with E-state index in [1.807, 2.05) is 140 Å². The summed E-state index contributed by atoms with van der Waals surface area (Å²) in [6, 6.07) is 21.6. The summed E-state index contributed by atoms with van der Waals surface area (Å²) in [5, 5.41) is 20.1. The van der Waals surface area contributed by atoms with Gasteiger partial charge in [0.05, 0.1) is 10.5 Å². The number of aromatic nitrogens is 3. The molecule has 2 aromatic carbocycles. The Hall–Kier alpha value is -4.32. The van der Waals surface area contributed by atoms with Crippen molar-refractivity contribution in [2.45, 2.75) is 9.79 Å². The van der Waals surface area contributed by atoms with Crippen LogP contribution < -0.4 is 28.4 Å². The van der Waals surface area contributed by atoms with Crippen molar-refractivity contribution in [3.05, 3.63) is 115 Å². The number of hydrogen-bond donors (Lipinski definition) is 2. The molecule has 0 atom stereocenters. The van der Waals surface area contributed by atoms with Crippen LogP contribution in [0.5, 0.6) is 0 Å². The average Bonchev–Trinajstić information content (AvgIpc) is 3.04. The van der Waals surface area contributed by atoms with Gasteiger partial charge in [0.1, 0.15) is 5.69 Å². The van der Waals surface area contributed by atoms with E-state index >= 15 is 0 Å². The van der Waals surface area contributed by atoms with Gasteiger partial charge in [-0.2, -0.15) is 9.13 Å². The molecule has 0 saturated carbocycles. The smallest absolute Gasteiger partial charge is 0.335 e. The molecule has 2 N–H and O–H groups in total. The normalized spacial score (nSPS) is 10.6. The van der Waals surface area contributed by atoms with Gasteiger partial charge in [-0.15, -0.1) is 11.8 Å². The van der Waals surface area contributed by atoms with Crippen LogP contribution in [0.25, 0.3) is 17.1 Å². The maximum absolute atomic E-state index is 13.0. The van der Waals surface area contributed by atoms with Crippen LogP contribution in [0.1, 0.15) is 20.7 Å². The third-order valence-corrected chi connectivity index (χ3v) is 8.53. The van der Waals surface area contributed by atoms with E-state index in [0.717, 1.165) is 26.9 Å². The maximum Gasteiger partial charge on any atom is 0.335 e. The Bertz CT molecular complexity index is 1880. The quantitative estimate of drug-likeness (QED) is 0.165. The van der Waals surface area contributed by atoms with Crippen LogP contribution in [0.3, 0.4) is 0 Å². The van der Waals surface area contributed by atoms with Gasteiger partial charge in [0.2, 0.25) is 11.4 Å². The van der Waals surface area contributed by atoms with Gasteiger partial charge in [0, 0.05) is 139 Å². The average molecular weight is 726 g/mol. The minimum Gasteiger partial charge on any atom is -0.521 e. The second-order valence-electron chi connectivity index (χ2n) is 11.2. The molecular formula is C35H36N6O4SY+2. The summed E-state index contributed by atoms with van der Waals surface area (Å²) < 4.78 is 5.58. The minimum absolute atomic E-state index is 0. The Morgan fingerprint density at radius 3 is 1.38 bits per heavy atom. The molecule has 0 bridgehead atoms. The van der Waals surface area contributed by atoms with Crippen LogP contribution in [-0.4, -0.2) is 64.4 Å². The molecule has 5 rings (SSSR count). The monoisotopic (exact) mass is 725 g/mol. The summed E-state index contributed by atoms with van der Waals surface area (Å²) in [6.07, 6.45) is 11.3. The van der Waals surface area contributed by atoms with Gasteiger partial charge >= 0.3 is 5.97 Å². The molecule has 3 aromatic heterocycles. The van der Waals surface area contributed by atoms with Gasteiger partial charge in [-0.25, -0.2) is 9.36 Å². The number of nitrogens with zero attached hydrogens (tertiary/aromatic N) is 6. The van der Waals surface area contributed by atoms with Crippen molar-refractivity contribution in [1.82, 2.24) is 0 Å². The number of carbonyl (C=O) groups is 2. The zero-order chi connectivity index (χ0) is 33.1. The summed E-state index contributed by atoms with van der Waals surface area (Å²) in [5.41, 5.74) is 4.68. The first-order valence-corrected chi connectivity index (χ1v) is 15.2. The van der Waals surface area contributed by atoms with Crippen molar-refractivity contribution in [2.24, 2.45) is 0 Å². The minimum atomic E-state index is -1.12. The molecule has 1 radical (unpaired) electrons. The zero-order valence-electron chi connectivity index (χ0n) is 27.1.